The first-order valence-corrected chi connectivity index (χ1v) is 4.87. The normalized spacial score (nSPS) is 9.57. The second-order valence-corrected chi connectivity index (χ2v) is 3.78. The number of benzene rings is 1. The minimum atomic E-state index is 0. The molecule has 2 rings (SSSR count). The van der Waals surface area contributed by atoms with Crippen LogP contribution in [-0.2, 0) is 21.1 Å². The summed E-state index contributed by atoms with van der Waals surface area (Å²) in [6.07, 6.45) is 0. The zero-order valence-corrected chi connectivity index (χ0v) is 11.7. The summed E-state index contributed by atoms with van der Waals surface area (Å²) in [7, 11) is 0. The van der Waals surface area contributed by atoms with Crippen LogP contribution < -0.4 is 0 Å². The third-order valence-electron chi connectivity index (χ3n) is 1.78. The predicted molar refractivity (Wildman–Crippen MR) is 54.7 cm³/mol. The number of hydrogen-bond acceptors (Lipinski definition) is 2. The Morgan fingerprint density at radius 3 is 2.57 bits per heavy atom. The quantitative estimate of drug-likeness (QED) is 0.703. The van der Waals surface area contributed by atoms with E-state index in [9.17, 15) is 0 Å². The van der Waals surface area contributed by atoms with Gasteiger partial charge in [-0.2, -0.15) is 17.0 Å². The zero-order valence-electron chi connectivity index (χ0n) is 8.00. The van der Waals surface area contributed by atoms with Gasteiger partial charge in [0.15, 0.2) is 0 Å². The minimum absolute atomic E-state index is 0. The fraction of sp³-hybridized carbons (Fsp3) is 0.182. The van der Waals surface area contributed by atoms with E-state index in [1.54, 1.807) is 0 Å². The molecule has 1 heterocycles. The van der Waals surface area contributed by atoms with Crippen molar-refractivity contribution in [2.45, 2.75) is 13.8 Å². The molecule has 1 aromatic heterocycles. The molecule has 0 aliphatic rings. The monoisotopic (exact) mass is 371 g/mol. The smallest absolute Gasteiger partial charge is 0.286 e. The standard InChI is InChI=1S/C11H9NS.W/c1-8-3-5-10(6-4-8)11-7-9(2)12-13-11;/h3-5H,1-2H3;/q-2;+2. The first-order valence-electron chi connectivity index (χ1n) is 4.10. The summed E-state index contributed by atoms with van der Waals surface area (Å²) in [5.41, 5.74) is 3.26. The second kappa shape index (κ2) is 4.86. The van der Waals surface area contributed by atoms with E-state index in [1.165, 1.54) is 17.1 Å². The van der Waals surface area contributed by atoms with Gasteiger partial charge in [-0.1, -0.05) is 6.92 Å². The topological polar surface area (TPSA) is 12.9 Å². The molecule has 0 radical (unpaired) electrons. The number of hydrogen-bond donors (Lipinski definition) is 0. The molecule has 14 heavy (non-hydrogen) atoms. The Balaban J connectivity index is 0.000000980. The van der Waals surface area contributed by atoms with Crippen LogP contribution in [0.2, 0.25) is 0 Å². The molecule has 0 unspecified atom stereocenters. The van der Waals surface area contributed by atoms with Gasteiger partial charge in [-0.3, -0.25) is 11.6 Å². The SMILES string of the molecule is Cc1c[c-]c(-c2[c-]c(C)ns2)cc1.[W+2]. The van der Waals surface area contributed by atoms with Gasteiger partial charge in [-0.25, -0.2) is 16.5 Å². The van der Waals surface area contributed by atoms with E-state index in [0.29, 0.717) is 0 Å². The molecule has 1 aromatic carbocycles. The van der Waals surface area contributed by atoms with Crippen LogP contribution in [0.1, 0.15) is 11.3 Å². The molecule has 0 aliphatic carbocycles. The summed E-state index contributed by atoms with van der Waals surface area (Å²) in [6.45, 7) is 4.01. The van der Waals surface area contributed by atoms with E-state index in [-0.39, 0.29) is 21.1 Å². The fourth-order valence-corrected chi connectivity index (χ4v) is 1.78. The maximum absolute atomic E-state index is 4.18. The Labute approximate surface area is 103 Å². The largest absolute Gasteiger partial charge is 2.00 e. The number of nitrogens with zero attached hydrogens (tertiary/aromatic N) is 1. The van der Waals surface area contributed by atoms with Crippen molar-refractivity contribution in [1.82, 2.24) is 4.37 Å². The molecule has 0 fully saturated rings. The number of rotatable bonds is 1. The molecular formula is C11H9NSW. The van der Waals surface area contributed by atoms with Gasteiger partial charge >= 0.3 is 21.1 Å². The van der Waals surface area contributed by atoms with Crippen molar-refractivity contribution in [2.75, 3.05) is 0 Å². The Kier molecular flexibility index (Phi) is 4.03. The van der Waals surface area contributed by atoms with E-state index >= 15 is 0 Å². The van der Waals surface area contributed by atoms with E-state index in [1.807, 2.05) is 13.0 Å². The Morgan fingerprint density at radius 1 is 1.29 bits per heavy atom. The third kappa shape index (κ3) is 2.52. The summed E-state index contributed by atoms with van der Waals surface area (Å²) in [5, 5.41) is 0. The van der Waals surface area contributed by atoms with Crippen LogP contribution in [0.5, 0.6) is 0 Å². The van der Waals surface area contributed by atoms with Crippen molar-refractivity contribution in [3.8, 4) is 10.4 Å². The molecule has 70 valence electrons. The van der Waals surface area contributed by atoms with Gasteiger partial charge in [0.1, 0.15) is 0 Å². The number of aromatic nitrogens is 1. The van der Waals surface area contributed by atoms with Crippen LogP contribution in [0.15, 0.2) is 18.2 Å². The van der Waals surface area contributed by atoms with E-state index < -0.39 is 0 Å². The average Bonchev–Trinajstić information content (AvgIpc) is 2.53. The maximum Gasteiger partial charge on any atom is 2.00 e. The maximum atomic E-state index is 4.18. The van der Waals surface area contributed by atoms with Crippen LogP contribution in [-0.4, -0.2) is 4.37 Å². The summed E-state index contributed by atoms with van der Waals surface area (Å²) in [5.74, 6) is 0. The van der Waals surface area contributed by atoms with Crippen molar-refractivity contribution in [2.24, 2.45) is 0 Å². The van der Waals surface area contributed by atoms with E-state index in [2.05, 4.69) is 35.6 Å². The first kappa shape index (κ1) is 11.6. The zero-order chi connectivity index (χ0) is 9.26. The molecule has 2 aromatic rings. The average molecular weight is 371 g/mol. The van der Waals surface area contributed by atoms with Gasteiger partial charge in [-0.05, 0) is 12.6 Å². The summed E-state index contributed by atoms with van der Waals surface area (Å²) >= 11 is 1.47. The van der Waals surface area contributed by atoms with Crippen LogP contribution in [0.4, 0.5) is 0 Å². The molecule has 1 nitrogen and oxygen atoms in total. The van der Waals surface area contributed by atoms with Crippen LogP contribution in [0.25, 0.3) is 10.4 Å². The molecule has 0 saturated heterocycles. The van der Waals surface area contributed by atoms with Gasteiger partial charge in [-0.15, -0.1) is 17.1 Å². The Hall–Kier alpha value is -0.462. The van der Waals surface area contributed by atoms with Crippen molar-refractivity contribution < 1.29 is 21.1 Å². The fourth-order valence-electron chi connectivity index (χ4n) is 1.08. The Bertz CT molecular complexity index is 405. The third-order valence-corrected chi connectivity index (χ3v) is 2.65. The minimum Gasteiger partial charge on any atom is -0.286 e. The first-order chi connectivity index (χ1) is 6.25. The van der Waals surface area contributed by atoms with Crippen molar-refractivity contribution >= 4 is 11.5 Å². The summed E-state index contributed by atoms with van der Waals surface area (Å²) < 4.78 is 4.18. The summed E-state index contributed by atoms with van der Waals surface area (Å²) in [6, 6.07) is 12.5. The summed E-state index contributed by atoms with van der Waals surface area (Å²) in [4.78, 5) is 1.07. The van der Waals surface area contributed by atoms with Crippen molar-refractivity contribution in [3.05, 3.63) is 41.6 Å². The van der Waals surface area contributed by atoms with Crippen molar-refractivity contribution in [1.29, 1.82) is 0 Å². The van der Waals surface area contributed by atoms with Crippen molar-refractivity contribution in [3.63, 3.8) is 0 Å². The second-order valence-electron chi connectivity index (χ2n) is 3.00. The van der Waals surface area contributed by atoms with Gasteiger partial charge in [0.05, 0.1) is 0 Å². The molecule has 0 atom stereocenters. The Morgan fingerprint density at radius 2 is 2.07 bits per heavy atom. The predicted octanol–water partition coefficient (Wildman–Crippen LogP) is 3.02. The molecule has 0 bridgehead atoms. The molecule has 0 saturated carbocycles. The van der Waals surface area contributed by atoms with E-state index in [4.69, 9.17) is 0 Å². The van der Waals surface area contributed by atoms with Gasteiger partial charge < -0.3 is 0 Å². The van der Waals surface area contributed by atoms with Crippen LogP contribution in [0.3, 0.4) is 0 Å². The van der Waals surface area contributed by atoms with Crippen LogP contribution in [0, 0.1) is 26.0 Å². The van der Waals surface area contributed by atoms with Gasteiger partial charge in [0, 0.05) is 0 Å². The number of aryl methyl sites for hydroxylation is 2. The molecular weight excluding hydrogens is 362 g/mol. The molecule has 0 amide bonds. The van der Waals surface area contributed by atoms with Crippen LogP contribution >= 0.6 is 11.5 Å². The van der Waals surface area contributed by atoms with Gasteiger partial charge in [0.25, 0.3) is 0 Å². The van der Waals surface area contributed by atoms with Gasteiger partial charge in [0.2, 0.25) is 0 Å². The molecule has 3 heteroatoms. The van der Waals surface area contributed by atoms with E-state index in [0.717, 1.165) is 16.1 Å². The molecule has 0 spiro atoms. The molecule has 0 aliphatic heterocycles. The molecule has 0 N–H and O–H groups in total.